The molecule has 0 saturated carbocycles. The molecule has 0 amide bonds. The average Bonchev–Trinajstić information content (AvgIpc) is 2.38. The van der Waals surface area contributed by atoms with E-state index >= 15 is 0 Å². The van der Waals surface area contributed by atoms with Gasteiger partial charge in [-0.2, -0.15) is 0 Å². The summed E-state index contributed by atoms with van der Waals surface area (Å²) in [5.74, 6) is 0. The molecule has 1 fully saturated rings. The normalized spacial score (nSPS) is 24.3. The van der Waals surface area contributed by atoms with Crippen molar-refractivity contribution in [2.75, 3.05) is 24.6 Å². The Morgan fingerprint density at radius 1 is 1.33 bits per heavy atom. The number of para-hydroxylation sites is 1. The van der Waals surface area contributed by atoms with Crippen molar-refractivity contribution in [2.45, 2.75) is 38.8 Å². The van der Waals surface area contributed by atoms with Gasteiger partial charge in [0.15, 0.2) is 0 Å². The lowest BCUT2D eigenvalue weighted by atomic mass is 10.0. The van der Waals surface area contributed by atoms with Gasteiger partial charge in [-0.25, -0.2) is 0 Å². The molecule has 1 aromatic rings. The molecule has 1 saturated heterocycles. The maximum Gasteiger partial charge on any atom is 0.0446 e. The van der Waals surface area contributed by atoms with Crippen LogP contribution in [0.1, 0.15) is 25.8 Å². The van der Waals surface area contributed by atoms with Crippen LogP contribution in [-0.4, -0.2) is 36.9 Å². The number of aliphatic hydroxyl groups excluding tert-OH is 1. The number of piperazine rings is 1. The number of rotatable bonds is 4. The first kappa shape index (κ1) is 13.4. The third kappa shape index (κ3) is 3.03. The van der Waals surface area contributed by atoms with Gasteiger partial charge in [-0.1, -0.05) is 25.1 Å². The van der Waals surface area contributed by atoms with Gasteiger partial charge >= 0.3 is 0 Å². The van der Waals surface area contributed by atoms with Crippen LogP contribution in [0, 0.1) is 0 Å². The van der Waals surface area contributed by atoms with Crippen molar-refractivity contribution < 1.29 is 5.11 Å². The summed E-state index contributed by atoms with van der Waals surface area (Å²) < 4.78 is 0. The molecule has 2 rings (SSSR count). The van der Waals surface area contributed by atoms with Gasteiger partial charge in [0.1, 0.15) is 0 Å². The number of hydrogen-bond acceptors (Lipinski definition) is 3. The minimum Gasteiger partial charge on any atom is -0.396 e. The van der Waals surface area contributed by atoms with Crippen molar-refractivity contribution in [3.63, 3.8) is 0 Å². The van der Waals surface area contributed by atoms with Crippen molar-refractivity contribution in [1.82, 2.24) is 5.32 Å². The molecule has 2 unspecified atom stereocenters. The molecule has 3 heteroatoms. The van der Waals surface area contributed by atoms with Gasteiger partial charge in [0.05, 0.1) is 0 Å². The van der Waals surface area contributed by atoms with Crippen molar-refractivity contribution >= 4 is 5.69 Å². The van der Waals surface area contributed by atoms with E-state index in [-0.39, 0.29) is 6.61 Å². The second-order valence-electron chi connectivity index (χ2n) is 5.16. The predicted octanol–water partition coefficient (Wildman–Crippen LogP) is 1.80. The highest BCUT2D eigenvalue weighted by atomic mass is 16.3. The van der Waals surface area contributed by atoms with Crippen LogP contribution in [0.2, 0.25) is 0 Å². The van der Waals surface area contributed by atoms with Gasteiger partial charge in [-0.05, 0) is 31.4 Å². The smallest absolute Gasteiger partial charge is 0.0446 e. The fourth-order valence-electron chi connectivity index (χ4n) is 2.82. The number of anilines is 1. The number of nitrogens with one attached hydrogen (secondary N) is 1. The molecule has 18 heavy (non-hydrogen) atoms. The predicted molar refractivity (Wildman–Crippen MR) is 76.1 cm³/mol. The summed E-state index contributed by atoms with van der Waals surface area (Å²) in [6.45, 7) is 6.70. The Hall–Kier alpha value is -1.06. The topological polar surface area (TPSA) is 35.5 Å². The summed E-state index contributed by atoms with van der Waals surface area (Å²) in [5, 5.41) is 12.7. The lowest BCUT2D eigenvalue weighted by Crippen LogP contribution is -2.56. The van der Waals surface area contributed by atoms with Gasteiger partial charge in [0, 0.05) is 37.5 Å². The minimum absolute atomic E-state index is 0.258. The van der Waals surface area contributed by atoms with Crippen LogP contribution in [0.25, 0.3) is 0 Å². The zero-order valence-electron chi connectivity index (χ0n) is 11.4. The third-order valence-electron chi connectivity index (χ3n) is 3.65. The van der Waals surface area contributed by atoms with Crippen molar-refractivity contribution in [2.24, 2.45) is 0 Å². The van der Waals surface area contributed by atoms with Gasteiger partial charge in [-0.3, -0.25) is 0 Å². The molecule has 0 aliphatic carbocycles. The largest absolute Gasteiger partial charge is 0.396 e. The highest BCUT2D eigenvalue weighted by molar-refractivity contribution is 5.54. The summed E-state index contributed by atoms with van der Waals surface area (Å²) in [6, 6.07) is 9.51. The molecule has 1 aromatic carbocycles. The number of aliphatic hydroxyl groups is 1. The molecular formula is C15H24N2O. The average molecular weight is 248 g/mol. The molecule has 0 radical (unpaired) electrons. The molecule has 0 aromatic heterocycles. The quantitative estimate of drug-likeness (QED) is 0.853. The lowest BCUT2D eigenvalue weighted by Gasteiger charge is -2.39. The van der Waals surface area contributed by atoms with Crippen molar-refractivity contribution in [3.05, 3.63) is 29.8 Å². The number of benzene rings is 1. The summed E-state index contributed by atoms with van der Waals surface area (Å²) in [6.07, 6.45) is 1.90. The Bertz CT molecular complexity index is 381. The first-order chi connectivity index (χ1) is 8.74. The maximum absolute atomic E-state index is 9.10. The minimum atomic E-state index is 0.258. The molecule has 1 aliphatic rings. The van der Waals surface area contributed by atoms with E-state index in [0.717, 1.165) is 25.9 Å². The summed E-state index contributed by atoms with van der Waals surface area (Å²) in [5.41, 5.74) is 2.77. The summed E-state index contributed by atoms with van der Waals surface area (Å²) in [7, 11) is 0. The van der Waals surface area contributed by atoms with E-state index in [2.05, 4.69) is 48.3 Å². The lowest BCUT2D eigenvalue weighted by molar-refractivity contribution is 0.250. The monoisotopic (exact) mass is 248 g/mol. The molecule has 2 atom stereocenters. The van der Waals surface area contributed by atoms with E-state index in [9.17, 15) is 0 Å². The highest BCUT2D eigenvalue weighted by Crippen LogP contribution is 2.23. The first-order valence-electron chi connectivity index (χ1n) is 6.94. The number of nitrogens with zero attached hydrogens (tertiary/aromatic N) is 1. The SMILES string of the molecule is CCc1ccccc1N1CC(C)NC(CCO)C1. The number of hydrogen-bond donors (Lipinski definition) is 2. The van der Waals surface area contributed by atoms with Crippen LogP contribution in [0.15, 0.2) is 24.3 Å². The second kappa shape index (κ2) is 6.21. The number of aryl methyl sites for hydroxylation is 1. The van der Waals surface area contributed by atoms with E-state index in [4.69, 9.17) is 5.11 Å². The summed E-state index contributed by atoms with van der Waals surface area (Å²) >= 11 is 0. The van der Waals surface area contributed by atoms with Gasteiger partial charge in [-0.15, -0.1) is 0 Å². The van der Waals surface area contributed by atoms with Crippen LogP contribution in [0.5, 0.6) is 0 Å². The Balaban J connectivity index is 2.15. The van der Waals surface area contributed by atoms with E-state index in [1.165, 1.54) is 11.3 Å². The van der Waals surface area contributed by atoms with Crippen molar-refractivity contribution in [3.8, 4) is 0 Å². The van der Waals surface area contributed by atoms with Gasteiger partial charge < -0.3 is 15.3 Å². The standard InChI is InChI=1S/C15H24N2O/c1-3-13-6-4-5-7-15(13)17-10-12(2)16-14(11-17)8-9-18/h4-7,12,14,16,18H,3,8-11H2,1-2H3. The fourth-order valence-corrected chi connectivity index (χ4v) is 2.82. The summed E-state index contributed by atoms with van der Waals surface area (Å²) in [4.78, 5) is 2.46. The second-order valence-corrected chi connectivity index (χ2v) is 5.16. The van der Waals surface area contributed by atoms with Gasteiger partial charge in [0.2, 0.25) is 0 Å². The molecular weight excluding hydrogens is 224 g/mol. The third-order valence-corrected chi connectivity index (χ3v) is 3.65. The zero-order valence-corrected chi connectivity index (χ0v) is 11.4. The molecule has 3 nitrogen and oxygen atoms in total. The van der Waals surface area contributed by atoms with Crippen molar-refractivity contribution in [1.29, 1.82) is 0 Å². The Kier molecular flexibility index (Phi) is 4.61. The molecule has 100 valence electrons. The van der Waals surface area contributed by atoms with E-state index in [1.807, 2.05) is 0 Å². The highest BCUT2D eigenvalue weighted by Gasteiger charge is 2.24. The van der Waals surface area contributed by atoms with E-state index in [0.29, 0.717) is 12.1 Å². The van der Waals surface area contributed by atoms with Crippen LogP contribution >= 0.6 is 0 Å². The Labute approximate surface area is 110 Å². The fraction of sp³-hybridized carbons (Fsp3) is 0.600. The van der Waals surface area contributed by atoms with Gasteiger partial charge in [0.25, 0.3) is 0 Å². The van der Waals surface area contributed by atoms with Crippen LogP contribution in [0.3, 0.4) is 0 Å². The molecule has 0 spiro atoms. The van der Waals surface area contributed by atoms with E-state index in [1.54, 1.807) is 0 Å². The van der Waals surface area contributed by atoms with Crippen LogP contribution in [0.4, 0.5) is 5.69 Å². The van der Waals surface area contributed by atoms with E-state index < -0.39 is 0 Å². The molecule has 1 heterocycles. The first-order valence-corrected chi connectivity index (χ1v) is 6.94. The van der Waals surface area contributed by atoms with Crippen LogP contribution < -0.4 is 10.2 Å². The Morgan fingerprint density at radius 3 is 2.83 bits per heavy atom. The molecule has 1 aliphatic heterocycles. The zero-order chi connectivity index (χ0) is 13.0. The maximum atomic E-state index is 9.10. The Morgan fingerprint density at radius 2 is 2.11 bits per heavy atom. The molecule has 2 N–H and O–H groups in total. The van der Waals surface area contributed by atoms with Crippen LogP contribution in [-0.2, 0) is 6.42 Å². The molecule has 0 bridgehead atoms.